The normalized spacial score (nSPS) is 15.4. The number of hydrazone groups is 1. The summed E-state index contributed by atoms with van der Waals surface area (Å²) in [5.74, 6) is -0.835. The lowest BCUT2D eigenvalue weighted by Gasteiger charge is -2.24. The van der Waals surface area contributed by atoms with Gasteiger partial charge in [0.1, 0.15) is 17.1 Å². The Balaban J connectivity index is 0.929. The molecular weight excluding hydrogens is 728 g/mol. The minimum absolute atomic E-state index is 0.164. The number of amides is 3. The van der Waals surface area contributed by atoms with E-state index in [1.165, 1.54) is 18.2 Å². The molecule has 0 aliphatic carbocycles. The van der Waals surface area contributed by atoms with Crippen LogP contribution in [0.15, 0.2) is 111 Å². The Morgan fingerprint density at radius 3 is 2.44 bits per heavy atom. The number of hydrogen-bond acceptors (Lipinski definition) is 8. The number of aryl methyl sites for hydroxylation is 1. The number of halogens is 1. The molecule has 0 spiro atoms. The first-order valence-electron chi connectivity index (χ1n) is 18.3. The maximum atomic E-state index is 13.9. The molecule has 4 aromatic carbocycles. The van der Waals surface area contributed by atoms with Gasteiger partial charge in [0.2, 0.25) is 0 Å². The number of aromatic nitrogens is 1. The zero-order valence-electron chi connectivity index (χ0n) is 31.2. The summed E-state index contributed by atoms with van der Waals surface area (Å²) in [4.78, 5) is 55.3. The van der Waals surface area contributed by atoms with Crippen molar-refractivity contribution in [2.75, 3.05) is 30.5 Å². The molecule has 1 atom stereocenters. The average Bonchev–Trinajstić information content (AvgIpc) is 3.88. The quantitative estimate of drug-likeness (QED) is 0.0672. The van der Waals surface area contributed by atoms with Crippen LogP contribution in [0.2, 0.25) is 0 Å². The van der Waals surface area contributed by atoms with Crippen molar-refractivity contribution in [3.8, 4) is 5.75 Å². The molecule has 12 nitrogen and oxygen atoms in total. The van der Waals surface area contributed by atoms with Crippen LogP contribution < -0.4 is 31.3 Å². The second-order valence-corrected chi connectivity index (χ2v) is 13.8. The molecule has 0 bridgehead atoms. The van der Waals surface area contributed by atoms with Crippen LogP contribution in [-0.2, 0) is 4.79 Å². The predicted molar refractivity (Wildman–Crippen MR) is 216 cm³/mol. The topological polar surface area (TPSA) is 158 Å². The number of carbonyl (C=O) groups excluding carboxylic acids is 3. The summed E-state index contributed by atoms with van der Waals surface area (Å²) >= 11 is 0. The minimum atomic E-state index is -0.482. The van der Waals surface area contributed by atoms with E-state index < -0.39 is 11.4 Å². The fraction of sp³-hybridized carbons (Fsp3) is 0.159. The number of nitrogens with one attached hydrogen (secondary N) is 4. The van der Waals surface area contributed by atoms with Crippen molar-refractivity contribution in [3.63, 3.8) is 0 Å². The number of rotatable bonds is 10. The molecule has 0 fully saturated rings. The van der Waals surface area contributed by atoms with E-state index in [1.807, 2.05) is 41.4 Å². The van der Waals surface area contributed by atoms with Crippen molar-refractivity contribution in [3.05, 3.63) is 158 Å². The number of nitrogens with zero attached hydrogens (tertiary/aromatic N) is 2. The highest BCUT2D eigenvalue weighted by Gasteiger charge is 2.32. The van der Waals surface area contributed by atoms with Crippen LogP contribution in [-0.4, -0.2) is 48.6 Å². The zero-order chi connectivity index (χ0) is 39.8. The largest absolute Gasteiger partial charge is 0.497 e. The standard InChI is InChI=1S/C44H37FN6O6/c1-24-36(22-33-32-21-29(45)11-15-35(32)49-42(33)53)48-25(2)40(24)43(54)47-18-17-46-41(52)27-9-12-30(13-10-27)51-38(26-7-5-4-6-8-26)23-37(50-51)34-20-28-19-31(56-3)14-16-39(28)57-44(34)55/h4-16,19-22,38,48H,17-18,23H2,1-3H3,(H,46,52)(H,47,54)(H,49,53)/b33-22-. The maximum absolute atomic E-state index is 13.9. The number of methoxy groups -OCH3 is 1. The highest BCUT2D eigenvalue weighted by Crippen LogP contribution is 2.37. The first-order chi connectivity index (χ1) is 27.6. The van der Waals surface area contributed by atoms with E-state index in [-0.39, 0.29) is 36.9 Å². The Morgan fingerprint density at radius 2 is 1.68 bits per heavy atom. The van der Waals surface area contributed by atoms with Crippen molar-refractivity contribution >= 4 is 57.4 Å². The van der Waals surface area contributed by atoms with E-state index in [2.05, 4.69) is 20.9 Å². The van der Waals surface area contributed by atoms with Gasteiger partial charge in [-0.1, -0.05) is 30.3 Å². The molecule has 3 amide bonds. The molecule has 2 aromatic heterocycles. The lowest BCUT2D eigenvalue weighted by atomic mass is 9.98. The summed E-state index contributed by atoms with van der Waals surface area (Å²) in [7, 11) is 1.58. The molecule has 0 radical (unpaired) electrons. The van der Waals surface area contributed by atoms with Crippen LogP contribution in [0, 0.1) is 19.7 Å². The fourth-order valence-electron chi connectivity index (χ4n) is 7.29. The Morgan fingerprint density at radius 1 is 0.930 bits per heavy atom. The van der Waals surface area contributed by atoms with Crippen LogP contribution in [0.4, 0.5) is 15.8 Å². The second-order valence-electron chi connectivity index (χ2n) is 13.8. The van der Waals surface area contributed by atoms with E-state index in [0.717, 1.165) is 16.6 Å². The number of H-pyrrole nitrogens is 1. The van der Waals surface area contributed by atoms with E-state index in [1.54, 1.807) is 69.5 Å². The summed E-state index contributed by atoms with van der Waals surface area (Å²) in [6.07, 6.45) is 2.06. The molecule has 6 aromatic rings. The third-order valence-electron chi connectivity index (χ3n) is 10.2. The van der Waals surface area contributed by atoms with Gasteiger partial charge in [-0.2, -0.15) is 5.10 Å². The second kappa shape index (κ2) is 15.1. The van der Waals surface area contributed by atoms with Gasteiger partial charge in [0.25, 0.3) is 17.7 Å². The third kappa shape index (κ3) is 7.18. The van der Waals surface area contributed by atoms with Crippen LogP contribution in [0.25, 0.3) is 22.6 Å². The van der Waals surface area contributed by atoms with Gasteiger partial charge in [0, 0.05) is 53.1 Å². The molecule has 2 aliphatic heterocycles. The fourth-order valence-corrected chi connectivity index (χ4v) is 7.29. The van der Waals surface area contributed by atoms with Crippen molar-refractivity contribution in [1.29, 1.82) is 0 Å². The predicted octanol–water partition coefficient (Wildman–Crippen LogP) is 6.89. The van der Waals surface area contributed by atoms with Gasteiger partial charge in [-0.05, 0) is 97.8 Å². The van der Waals surface area contributed by atoms with Crippen molar-refractivity contribution in [2.45, 2.75) is 26.3 Å². The average molecular weight is 765 g/mol. The van der Waals surface area contributed by atoms with Gasteiger partial charge in [-0.15, -0.1) is 0 Å². The number of benzene rings is 4. The van der Waals surface area contributed by atoms with E-state index in [4.69, 9.17) is 14.3 Å². The highest BCUT2D eigenvalue weighted by molar-refractivity contribution is 6.35. The molecule has 286 valence electrons. The Hall–Kier alpha value is -7.28. The van der Waals surface area contributed by atoms with Gasteiger partial charge in [-0.3, -0.25) is 19.4 Å². The third-order valence-corrected chi connectivity index (χ3v) is 10.2. The Labute approximate surface area is 326 Å². The van der Waals surface area contributed by atoms with Gasteiger partial charge in [0.05, 0.1) is 41.3 Å². The van der Waals surface area contributed by atoms with Gasteiger partial charge >= 0.3 is 5.63 Å². The molecule has 0 saturated carbocycles. The van der Waals surface area contributed by atoms with Crippen LogP contribution >= 0.6 is 0 Å². The highest BCUT2D eigenvalue weighted by atomic mass is 19.1. The van der Waals surface area contributed by atoms with E-state index in [9.17, 15) is 23.6 Å². The molecule has 2 aliphatic rings. The molecule has 1 unspecified atom stereocenters. The van der Waals surface area contributed by atoms with Crippen LogP contribution in [0.5, 0.6) is 5.75 Å². The first kappa shape index (κ1) is 36.7. The Bertz CT molecular complexity index is 2700. The van der Waals surface area contributed by atoms with E-state index in [0.29, 0.717) is 73.9 Å². The zero-order valence-corrected chi connectivity index (χ0v) is 31.2. The summed E-state index contributed by atoms with van der Waals surface area (Å²) in [5.41, 5.74) is 6.54. The smallest absolute Gasteiger partial charge is 0.345 e. The SMILES string of the molecule is COc1ccc2oc(=O)c(C3=NN(c4ccc(C(=O)NCCNC(=O)c5c(C)[nH]c(/C=C6\C(=O)Nc7ccc(F)cc76)c5C)cc4)C(c4ccccc4)C3)cc2c1. The number of hydrogen-bond donors (Lipinski definition) is 4. The number of anilines is 2. The van der Waals surface area contributed by atoms with Crippen molar-refractivity contribution < 1.29 is 27.9 Å². The Kier molecular flexibility index (Phi) is 9.72. The van der Waals surface area contributed by atoms with Crippen molar-refractivity contribution in [1.82, 2.24) is 15.6 Å². The molecule has 13 heteroatoms. The summed E-state index contributed by atoms with van der Waals surface area (Å²) in [6.45, 7) is 3.86. The number of carbonyl (C=O) groups is 3. The van der Waals surface area contributed by atoms with E-state index >= 15 is 0 Å². The molecular formula is C44H37FN6O6. The molecule has 4 heterocycles. The van der Waals surface area contributed by atoms with Gasteiger partial charge in [0.15, 0.2) is 0 Å². The molecule has 4 N–H and O–H groups in total. The number of fused-ring (bicyclic) bond motifs is 2. The molecule has 0 saturated heterocycles. The van der Waals surface area contributed by atoms with Gasteiger partial charge < -0.3 is 30.1 Å². The van der Waals surface area contributed by atoms with Crippen molar-refractivity contribution in [2.24, 2.45) is 5.10 Å². The van der Waals surface area contributed by atoms with Crippen LogP contribution in [0.1, 0.15) is 66.8 Å². The first-order valence-corrected chi connectivity index (χ1v) is 18.3. The summed E-state index contributed by atoms with van der Waals surface area (Å²) in [5, 5.41) is 15.9. The minimum Gasteiger partial charge on any atom is -0.497 e. The summed E-state index contributed by atoms with van der Waals surface area (Å²) < 4.78 is 25.0. The monoisotopic (exact) mass is 764 g/mol. The number of ether oxygens (including phenoxy) is 1. The summed E-state index contributed by atoms with van der Waals surface area (Å²) in [6, 6.07) is 27.8. The number of aromatic amines is 1. The molecule has 57 heavy (non-hydrogen) atoms. The lowest BCUT2D eigenvalue weighted by molar-refractivity contribution is -0.110. The lowest BCUT2D eigenvalue weighted by Crippen LogP contribution is -2.35. The maximum Gasteiger partial charge on any atom is 0.345 e. The van der Waals surface area contributed by atoms with Crippen LogP contribution in [0.3, 0.4) is 0 Å². The van der Waals surface area contributed by atoms with Gasteiger partial charge in [-0.25, -0.2) is 9.18 Å². The molecule has 8 rings (SSSR count).